The van der Waals surface area contributed by atoms with Crippen molar-refractivity contribution in [3.05, 3.63) is 24.8 Å². The molecule has 6 atom stereocenters. The summed E-state index contributed by atoms with van der Waals surface area (Å²) in [5.41, 5.74) is 0. The molecule has 0 spiro atoms. The average Bonchev–Trinajstić information content (AvgIpc) is 3.13. The Balaban J connectivity index is 2.35. The molecule has 298 valence electrons. The lowest BCUT2D eigenvalue weighted by Gasteiger charge is -2.39. The van der Waals surface area contributed by atoms with Gasteiger partial charge in [0.2, 0.25) is 0 Å². The van der Waals surface area contributed by atoms with Crippen molar-refractivity contribution < 1.29 is 49.0 Å². The molecule has 10 nitrogen and oxygen atoms in total. The summed E-state index contributed by atoms with van der Waals surface area (Å²) in [4.78, 5) is 25.2. The van der Waals surface area contributed by atoms with Gasteiger partial charge in [0.15, 0.2) is 12.4 Å². The number of allylic oxidation sites excluding steroid dienone is 3. The van der Waals surface area contributed by atoms with E-state index in [1.165, 1.54) is 77.0 Å². The van der Waals surface area contributed by atoms with E-state index in [0.717, 1.165) is 64.2 Å². The van der Waals surface area contributed by atoms with E-state index in [1.807, 2.05) is 6.08 Å². The normalized spacial score (nSPS) is 21.2. The van der Waals surface area contributed by atoms with Gasteiger partial charge in [-0.3, -0.25) is 9.59 Å². The largest absolute Gasteiger partial charge is 0.462 e. The van der Waals surface area contributed by atoms with Gasteiger partial charge in [0.1, 0.15) is 31.0 Å². The third-order valence-corrected chi connectivity index (χ3v) is 9.46. The molecule has 1 heterocycles. The Morgan fingerprint density at radius 3 is 1.67 bits per heavy atom. The zero-order valence-corrected chi connectivity index (χ0v) is 31.9. The van der Waals surface area contributed by atoms with E-state index >= 15 is 0 Å². The first-order valence-electron chi connectivity index (χ1n) is 20.4. The van der Waals surface area contributed by atoms with Gasteiger partial charge in [-0.1, -0.05) is 128 Å². The van der Waals surface area contributed by atoms with Gasteiger partial charge in [-0.25, -0.2) is 0 Å². The van der Waals surface area contributed by atoms with Crippen LogP contribution in [0.1, 0.15) is 167 Å². The van der Waals surface area contributed by atoms with Crippen LogP contribution in [0.3, 0.4) is 0 Å². The average molecular weight is 727 g/mol. The van der Waals surface area contributed by atoms with Gasteiger partial charge in [-0.15, -0.1) is 6.58 Å². The molecule has 1 aliphatic rings. The SMILES string of the molecule is C=CCCCCCCCCCCCCCCCC(=O)OC[C@@H](CO[C@H]1O[C@@H](CO)[C@@H](O)C(O)C1O)OC(=O)CCCCCCC/C=C/CCCC. The van der Waals surface area contributed by atoms with Crippen LogP contribution >= 0.6 is 0 Å². The molecule has 0 aromatic heterocycles. The van der Waals surface area contributed by atoms with Gasteiger partial charge in [0.25, 0.3) is 0 Å². The van der Waals surface area contributed by atoms with Gasteiger partial charge >= 0.3 is 11.9 Å². The minimum atomic E-state index is -1.59. The molecule has 1 aliphatic heterocycles. The number of unbranched alkanes of at least 4 members (excludes halogenated alkanes) is 20. The lowest BCUT2D eigenvalue weighted by Crippen LogP contribution is -2.59. The van der Waals surface area contributed by atoms with Crippen molar-refractivity contribution in [2.24, 2.45) is 0 Å². The number of aliphatic hydroxyl groups is 4. The zero-order chi connectivity index (χ0) is 37.4. The first kappa shape index (κ1) is 47.2. The molecule has 0 aromatic carbocycles. The molecule has 1 rings (SSSR count). The van der Waals surface area contributed by atoms with Gasteiger partial charge in [0.05, 0.1) is 13.2 Å². The molecule has 0 radical (unpaired) electrons. The van der Waals surface area contributed by atoms with Gasteiger partial charge in [-0.05, 0) is 44.9 Å². The summed E-state index contributed by atoms with van der Waals surface area (Å²) >= 11 is 0. The number of esters is 2. The summed E-state index contributed by atoms with van der Waals surface area (Å²) in [5, 5.41) is 39.9. The number of hydrogen-bond acceptors (Lipinski definition) is 10. The van der Waals surface area contributed by atoms with Gasteiger partial charge < -0.3 is 39.4 Å². The van der Waals surface area contributed by atoms with Crippen LogP contribution in [-0.4, -0.2) is 89.0 Å². The fourth-order valence-corrected chi connectivity index (χ4v) is 6.15. The summed E-state index contributed by atoms with van der Waals surface area (Å²) < 4.78 is 22.1. The van der Waals surface area contributed by atoms with Crippen LogP contribution in [0.15, 0.2) is 24.8 Å². The monoisotopic (exact) mass is 727 g/mol. The lowest BCUT2D eigenvalue weighted by atomic mass is 9.99. The zero-order valence-electron chi connectivity index (χ0n) is 31.9. The number of rotatable bonds is 34. The minimum Gasteiger partial charge on any atom is -0.462 e. The van der Waals surface area contributed by atoms with Crippen LogP contribution < -0.4 is 0 Å². The highest BCUT2D eigenvalue weighted by Gasteiger charge is 2.44. The third-order valence-electron chi connectivity index (χ3n) is 9.46. The molecule has 4 N–H and O–H groups in total. The van der Waals surface area contributed by atoms with Crippen molar-refractivity contribution in [2.75, 3.05) is 19.8 Å². The number of ether oxygens (including phenoxy) is 4. The van der Waals surface area contributed by atoms with Crippen LogP contribution in [0.5, 0.6) is 0 Å². The molecule has 10 heteroatoms. The molecule has 1 saturated heterocycles. The predicted molar refractivity (Wildman–Crippen MR) is 201 cm³/mol. The van der Waals surface area contributed by atoms with E-state index in [9.17, 15) is 30.0 Å². The van der Waals surface area contributed by atoms with Crippen LogP contribution in [0, 0.1) is 0 Å². The number of carbonyl (C=O) groups is 2. The molecule has 0 bridgehead atoms. The van der Waals surface area contributed by atoms with E-state index in [2.05, 4.69) is 25.7 Å². The summed E-state index contributed by atoms with van der Waals surface area (Å²) in [6.07, 6.45) is 25.1. The Kier molecular flexibility index (Phi) is 30.4. The van der Waals surface area contributed by atoms with Crippen LogP contribution in [0.2, 0.25) is 0 Å². The van der Waals surface area contributed by atoms with Crippen molar-refractivity contribution in [3.63, 3.8) is 0 Å². The Hall–Kier alpha value is -1.82. The molecular formula is C41H74O10. The maximum Gasteiger partial charge on any atom is 0.306 e. The lowest BCUT2D eigenvalue weighted by molar-refractivity contribution is -0.305. The molecule has 51 heavy (non-hydrogen) atoms. The molecule has 0 saturated carbocycles. The summed E-state index contributed by atoms with van der Waals surface area (Å²) in [5.74, 6) is -0.819. The minimum absolute atomic E-state index is 0.220. The second-order valence-electron chi connectivity index (χ2n) is 14.2. The van der Waals surface area contributed by atoms with Crippen molar-refractivity contribution in [3.8, 4) is 0 Å². The van der Waals surface area contributed by atoms with Crippen molar-refractivity contribution >= 4 is 11.9 Å². The Bertz CT molecular complexity index is 879. The first-order valence-corrected chi connectivity index (χ1v) is 20.4. The summed E-state index contributed by atoms with van der Waals surface area (Å²) in [7, 11) is 0. The highest BCUT2D eigenvalue weighted by molar-refractivity contribution is 5.70. The second-order valence-corrected chi connectivity index (χ2v) is 14.2. The molecule has 2 unspecified atom stereocenters. The topological polar surface area (TPSA) is 152 Å². The fourth-order valence-electron chi connectivity index (χ4n) is 6.15. The Labute approximate surface area is 309 Å². The number of aliphatic hydroxyl groups excluding tert-OH is 4. The summed E-state index contributed by atoms with van der Waals surface area (Å²) in [6.45, 7) is 4.88. The molecule has 0 aromatic rings. The maximum atomic E-state index is 12.7. The predicted octanol–water partition coefficient (Wildman–Crippen LogP) is 7.77. The van der Waals surface area contributed by atoms with Gasteiger partial charge in [-0.2, -0.15) is 0 Å². The highest BCUT2D eigenvalue weighted by atomic mass is 16.7. The Morgan fingerprint density at radius 1 is 0.647 bits per heavy atom. The first-order chi connectivity index (χ1) is 24.8. The highest BCUT2D eigenvalue weighted by Crippen LogP contribution is 2.22. The fraction of sp³-hybridized carbons (Fsp3) is 0.854. The third kappa shape index (κ3) is 24.9. The van der Waals surface area contributed by atoms with E-state index in [1.54, 1.807) is 0 Å². The second kappa shape index (κ2) is 32.8. The van der Waals surface area contributed by atoms with E-state index in [-0.39, 0.29) is 32.0 Å². The number of carbonyl (C=O) groups excluding carboxylic acids is 2. The van der Waals surface area contributed by atoms with E-state index < -0.39 is 49.4 Å². The summed E-state index contributed by atoms with van der Waals surface area (Å²) in [6, 6.07) is 0. The van der Waals surface area contributed by atoms with Crippen molar-refractivity contribution in [1.82, 2.24) is 0 Å². The van der Waals surface area contributed by atoms with Crippen LogP contribution in [-0.2, 0) is 28.5 Å². The standard InChI is InChI=1S/C41H74O10/c1-3-5-7-9-11-13-15-16-17-18-20-21-23-25-27-29-36(43)48-32-34(33-49-41-40(47)39(46)38(45)35(31-42)51-41)50-37(44)30-28-26-24-22-19-14-12-10-8-6-4-2/h3,10,12,34-35,38-42,45-47H,1,4-9,11,13-33H2,2H3/b12-10+/t34-,35-,38+,39?,40?,41-/m0/s1. The van der Waals surface area contributed by atoms with E-state index in [0.29, 0.717) is 6.42 Å². The molecule has 0 aliphatic carbocycles. The van der Waals surface area contributed by atoms with Crippen molar-refractivity contribution in [2.45, 2.75) is 204 Å². The van der Waals surface area contributed by atoms with Crippen molar-refractivity contribution in [1.29, 1.82) is 0 Å². The molecular weight excluding hydrogens is 652 g/mol. The smallest absolute Gasteiger partial charge is 0.306 e. The molecule has 0 amide bonds. The van der Waals surface area contributed by atoms with E-state index in [4.69, 9.17) is 18.9 Å². The molecule has 1 fully saturated rings. The number of hydrogen-bond donors (Lipinski definition) is 4. The van der Waals surface area contributed by atoms with Gasteiger partial charge in [0, 0.05) is 12.8 Å². The Morgan fingerprint density at radius 2 is 1.14 bits per heavy atom. The van der Waals surface area contributed by atoms with Crippen LogP contribution in [0.4, 0.5) is 0 Å². The maximum absolute atomic E-state index is 12.7. The quantitative estimate of drug-likeness (QED) is 0.0294. The van der Waals surface area contributed by atoms with Crippen LogP contribution in [0.25, 0.3) is 0 Å².